The molecule has 8 nitrogen and oxygen atoms in total. The Morgan fingerprint density at radius 1 is 1.28 bits per heavy atom. The summed E-state index contributed by atoms with van der Waals surface area (Å²) in [5, 5.41) is 7.03. The van der Waals surface area contributed by atoms with Crippen LogP contribution in [-0.4, -0.2) is 55.0 Å². The minimum absolute atomic E-state index is 0.0395. The maximum absolute atomic E-state index is 12.5. The van der Waals surface area contributed by atoms with Crippen LogP contribution in [0.4, 0.5) is 6.01 Å². The van der Waals surface area contributed by atoms with Crippen LogP contribution in [0.1, 0.15) is 60.8 Å². The van der Waals surface area contributed by atoms with E-state index in [0.717, 1.165) is 68.8 Å². The van der Waals surface area contributed by atoms with Crippen molar-refractivity contribution in [1.29, 1.82) is 0 Å². The first-order chi connectivity index (χ1) is 15.6. The van der Waals surface area contributed by atoms with E-state index in [2.05, 4.69) is 20.4 Å². The topological polar surface area (TPSA) is 89.7 Å². The van der Waals surface area contributed by atoms with Crippen LogP contribution in [-0.2, 0) is 11.2 Å². The maximum atomic E-state index is 12.5. The van der Waals surface area contributed by atoms with E-state index in [9.17, 15) is 4.79 Å². The number of ether oxygens (including phenoxy) is 2. The standard InChI is InChI=1S/C24H34N4O4/c1-3-22-26-24(32-27-22)28-11-8-18(9-12-28)5-4-13-31-20-6-7-21(17(2)15-20)23(29)25-19-10-14-30-16-19/h6-7,15,18-19H,3-5,8-14,16H2,1-2H3,(H,25,29)/t19-/m1/s1. The Morgan fingerprint density at radius 2 is 2.12 bits per heavy atom. The molecule has 0 unspecified atom stereocenters. The van der Waals surface area contributed by atoms with E-state index in [1.807, 2.05) is 32.0 Å². The SMILES string of the molecule is CCc1noc(N2CCC(CCCOc3ccc(C(=O)N[C@@H]4CCOC4)c(C)c3)CC2)n1. The first-order valence-electron chi connectivity index (χ1n) is 11.8. The lowest BCUT2D eigenvalue weighted by Crippen LogP contribution is -2.35. The number of piperidine rings is 1. The molecular formula is C24H34N4O4. The molecule has 1 N–H and O–H groups in total. The van der Waals surface area contributed by atoms with E-state index in [0.29, 0.717) is 37.3 Å². The van der Waals surface area contributed by atoms with Crippen molar-refractivity contribution >= 4 is 11.9 Å². The molecule has 0 radical (unpaired) electrons. The van der Waals surface area contributed by atoms with Crippen molar-refractivity contribution < 1.29 is 18.8 Å². The van der Waals surface area contributed by atoms with Gasteiger partial charge >= 0.3 is 6.01 Å². The lowest BCUT2D eigenvalue weighted by atomic mass is 9.92. The first-order valence-corrected chi connectivity index (χ1v) is 11.8. The predicted molar refractivity (Wildman–Crippen MR) is 121 cm³/mol. The summed E-state index contributed by atoms with van der Waals surface area (Å²) in [5.74, 6) is 2.26. The Kier molecular flexibility index (Phi) is 7.63. The molecule has 2 fully saturated rings. The largest absolute Gasteiger partial charge is 0.494 e. The van der Waals surface area contributed by atoms with Gasteiger partial charge in [-0.05, 0) is 68.7 Å². The minimum atomic E-state index is -0.0395. The number of hydrogen-bond acceptors (Lipinski definition) is 7. The molecule has 2 aromatic rings. The van der Waals surface area contributed by atoms with E-state index < -0.39 is 0 Å². The second kappa shape index (κ2) is 10.8. The fraction of sp³-hybridized carbons (Fsp3) is 0.625. The number of anilines is 1. The van der Waals surface area contributed by atoms with Crippen LogP contribution in [0.5, 0.6) is 5.75 Å². The Labute approximate surface area is 189 Å². The van der Waals surface area contributed by atoms with Gasteiger partial charge in [-0.15, -0.1) is 0 Å². The van der Waals surface area contributed by atoms with Gasteiger partial charge in [0, 0.05) is 31.7 Å². The smallest absolute Gasteiger partial charge is 0.324 e. The molecular weight excluding hydrogens is 408 g/mol. The van der Waals surface area contributed by atoms with Crippen LogP contribution in [0.2, 0.25) is 0 Å². The highest BCUT2D eigenvalue weighted by Gasteiger charge is 2.23. The van der Waals surface area contributed by atoms with E-state index in [-0.39, 0.29) is 11.9 Å². The second-order valence-corrected chi connectivity index (χ2v) is 8.78. The Balaban J connectivity index is 1.16. The average Bonchev–Trinajstić information content (AvgIpc) is 3.49. The van der Waals surface area contributed by atoms with Crippen LogP contribution in [0.3, 0.4) is 0 Å². The van der Waals surface area contributed by atoms with Gasteiger partial charge in [-0.1, -0.05) is 12.1 Å². The number of aromatic nitrogens is 2. The van der Waals surface area contributed by atoms with E-state index in [1.165, 1.54) is 0 Å². The van der Waals surface area contributed by atoms with Crippen molar-refractivity contribution in [1.82, 2.24) is 15.5 Å². The van der Waals surface area contributed by atoms with E-state index >= 15 is 0 Å². The summed E-state index contributed by atoms with van der Waals surface area (Å²) in [6.07, 6.45) is 6.12. The summed E-state index contributed by atoms with van der Waals surface area (Å²) in [7, 11) is 0. The monoisotopic (exact) mass is 442 g/mol. The van der Waals surface area contributed by atoms with E-state index in [1.54, 1.807) is 0 Å². The minimum Gasteiger partial charge on any atom is -0.494 e. The van der Waals surface area contributed by atoms with Gasteiger partial charge in [-0.2, -0.15) is 4.98 Å². The van der Waals surface area contributed by atoms with E-state index in [4.69, 9.17) is 14.0 Å². The van der Waals surface area contributed by atoms with Crippen LogP contribution >= 0.6 is 0 Å². The fourth-order valence-electron chi connectivity index (χ4n) is 4.38. The van der Waals surface area contributed by atoms with Gasteiger partial charge in [0.1, 0.15) is 5.75 Å². The molecule has 1 amide bonds. The molecule has 32 heavy (non-hydrogen) atoms. The van der Waals surface area contributed by atoms with Gasteiger partial charge in [-0.3, -0.25) is 4.79 Å². The second-order valence-electron chi connectivity index (χ2n) is 8.78. The molecule has 0 saturated carbocycles. The molecule has 4 rings (SSSR count). The number of benzene rings is 1. The number of carbonyl (C=O) groups excluding carboxylic acids is 1. The fourth-order valence-corrected chi connectivity index (χ4v) is 4.38. The molecule has 0 aliphatic carbocycles. The maximum Gasteiger partial charge on any atom is 0.324 e. The normalized spacial score (nSPS) is 19.3. The molecule has 0 bridgehead atoms. The van der Waals surface area contributed by atoms with Crippen molar-refractivity contribution in [2.24, 2.45) is 5.92 Å². The molecule has 2 saturated heterocycles. The lowest BCUT2D eigenvalue weighted by molar-refractivity contribution is 0.0929. The van der Waals surface area contributed by atoms with Gasteiger partial charge in [0.15, 0.2) is 5.82 Å². The quantitative estimate of drug-likeness (QED) is 0.594. The van der Waals surface area contributed by atoms with Crippen LogP contribution in [0.15, 0.2) is 22.7 Å². The zero-order chi connectivity index (χ0) is 22.3. The summed E-state index contributed by atoms with van der Waals surface area (Å²) in [4.78, 5) is 19.1. The average molecular weight is 443 g/mol. The van der Waals surface area contributed by atoms with Crippen molar-refractivity contribution in [3.05, 3.63) is 35.2 Å². The predicted octanol–water partition coefficient (Wildman–Crippen LogP) is 3.53. The van der Waals surface area contributed by atoms with Gasteiger partial charge in [0.05, 0.1) is 19.3 Å². The van der Waals surface area contributed by atoms with Crippen molar-refractivity contribution in [3.8, 4) is 5.75 Å². The molecule has 174 valence electrons. The number of amides is 1. The number of nitrogens with zero attached hydrogens (tertiary/aromatic N) is 3. The number of hydrogen-bond donors (Lipinski definition) is 1. The van der Waals surface area contributed by atoms with Crippen LogP contribution in [0, 0.1) is 12.8 Å². The van der Waals surface area contributed by atoms with Gasteiger partial charge in [0.2, 0.25) is 0 Å². The Bertz CT molecular complexity index is 886. The van der Waals surface area contributed by atoms with Crippen LogP contribution < -0.4 is 15.0 Å². The summed E-state index contributed by atoms with van der Waals surface area (Å²) >= 11 is 0. The summed E-state index contributed by atoms with van der Waals surface area (Å²) < 4.78 is 16.6. The third kappa shape index (κ3) is 5.79. The first kappa shape index (κ1) is 22.6. The highest BCUT2D eigenvalue weighted by Crippen LogP contribution is 2.25. The third-order valence-corrected chi connectivity index (χ3v) is 6.39. The zero-order valence-corrected chi connectivity index (χ0v) is 19.1. The molecule has 2 aliphatic rings. The molecule has 8 heteroatoms. The van der Waals surface area contributed by atoms with Crippen LogP contribution in [0.25, 0.3) is 0 Å². The molecule has 2 aliphatic heterocycles. The van der Waals surface area contributed by atoms with Crippen molar-refractivity contribution in [3.63, 3.8) is 0 Å². The highest BCUT2D eigenvalue weighted by atomic mass is 16.5. The third-order valence-electron chi connectivity index (χ3n) is 6.39. The molecule has 1 aromatic heterocycles. The Hall–Kier alpha value is -2.61. The van der Waals surface area contributed by atoms with Crippen molar-refractivity contribution in [2.45, 2.75) is 58.4 Å². The van der Waals surface area contributed by atoms with Gasteiger partial charge in [0.25, 0.3) is 5.91 Å². The zero-order valence-electron chi connectivity index (χ0n) is 19.1. The highest BCUT2D eigenvalue weighted by molar-refractivity contribution is 5.96. The summed E-state index contributed by atoms with van der Waals surface area (Å²) in [5.41, 5.74) is 1.63. The summed E-state index contributed by atoms with van der Waals surface area (Å²) in [6.45, 7) is 7.92. The number of rotatable bonds is 9. The molecule has 3 heterocycles. The Morgan fingerprint density at radius 3 is 2.81 bits per heavy atom. The lowest BCUT2D eigenvalue weighted by Gasteiger charge is -2.30. The molecule has 0 spiro atoms. The van der Waals surface area contributed by atoms with Crippen molar-refractivity contribution in [2.75, 3.05) is 37.8 Å². The summed E-state index contributed by atoms with van der Waals surface area (Å²) in [6, 6.07) is 6.47. The van der Waals surface area contributed by atoms with Gasteiger partial charge < -0.3 is 24.2 Å². The number of carbonyl (C=O) groups is 1. The number of aryl methyl sites for hydroxylation is 2. The number of nitrogens with one attached hydrogen (secondary N) is 1. The molecule has 1 atom stereocenters. The van der Waals surface area contributed by atoms with Gasteiger partial charge in [-0.25, -0.2) is 0 Å². The molecule has 1 aromatic carbocycles.